The van der Waals surface area contributed by atoms with Crippen molar-refractivity contribution < 1.29 is 12.8 Å². The Labute approximate surface area is 217 Å². The molecule has 0 fully saturated rings. The summed E-state index contributed by atoms with van der Waals surface area (Å²) in [6.07, 6.45) is 6.25. The van der Waals surface area contributed by atoms with Gasteiger partial charge in [-0.1, -0.05) is 0 Å². The van der Waals surface area contributed by atoms with Crippen LogP contribution in [0.4, 0.5) is 4.39 Å². The number of aromatic amines is 2. The summed E-state index contributed by atoms with van der Waals surface area (Å²) in [5.41, 5.74) is 6.32. The fourth-order valence-corrected chi connectivity index (χ4v) is 4.95. The van der Waals surface area contributed by atoms with E-state index in [0.717, 1.165) is 51.0 Å². The minimum absolute atomic E-state index is 0.0240. The second-order valence-corrected chi connectivity index (χ2v) is 11.0. The molecule has 1 aromatic carbocycles. The van der Waals surface area contributed by atoms with Gasteiger partial charge in [0.05, 0.1) is 46.9 Å². The molecule has 3 N–H and O–H groups in total. The first-order chi connectivity index (χ1) is 18.2. The number of pyridine rings is 2. The normalized spacial score (nSPS) is 12.1. The lowest BCUT2D eigenvalue weighted by atomic mass is 10.0. The van der Waals surface area contributed by atoms with E-state index in [0.29, 0.717) is 22.5 Å². The summed E-state index contributed by atoms with van der Waals surface area (Å²) in [5, 5.41) is 9.24. The Bertz CT molecular complexity index is 1960. The Morgan fingerprint density at radius 3 is 2.58 bits per heavy atom. The molecule has 0 radical (unpaired) electrons. The van der Waals surface area contributed by atoms with Gasteiger partial charge < -0.3 is 9.55 Å². The number of aromatic nitrogens is 7. The number of nitrogens with zero attached hydrogens (tertiary/aromatic N) is 5. The summed E-state index contributed by atoms with van der Waals surface area (Å²) in [6.45, 7) is 1.91. The van der Waals surface area contributed by atoms with Crippen molar-refractivity contribution in [2.75, 3.05) is 6.26 Å². The molecule has 0 spiro atoms. The van der Waals surface area contributed by atoms with Gasteiger partial charge in [-0.2, -0.15) is 5.10 Å². The molecule has 6 aromatic rings. The van der Waals surface area contributed by atoms with E-state index in [1.54, 1.807) is 24.7 Å². The van der Waals surface area contributed by atoms with Crippen LogP contribution in [0.5, 0.6) is 0 Å². The molecule has 12 heteroatoms. The van der Waals surface area contributed by atoms with Crippen LogP contribution in [0.2, 0.25) is 0 Å². The number of benzene rings is 1. The standard InChI is InChI=1S/C26H23FN8O2S/c1-14-29-13-24(35(14)2)21-9-19-23(12-30-21)33-34-26(19)22-10-18-20(32-22)4-5-28-25(18)16-6-15(7-17(27)8-16)11-31-38(3,36)37/h4-10,12-13,31-32H,11H2,1-3H3,(H,33,34). The number of sulfonamides is 1. The second-order valence-electron chi connectivity index (χ2n) is 9.18. The molecule has 0 aliphatic rings. The predicted octanol–water partition coefficient (Wildman–Crippen LogP) is 4.07. The van der Waals surface area contributed by atoms with E-state index in [-0.39, 0.29) is 6.54 Å². The molecule has 0 aliphatic heterocycles. The first-order valence-corrected chi connectivity index (χ1v) is 13.6. The summed E-state index contributed by atoms with van der Waals surface area (Å²) >= 11 is 0. The van der Waals surface area contributed by atoms with Gasteiger partial charge in [-0.25, -0.2) is 22.5 Å². The third-order valence-electron chi connectivity index (χ3n) is 6.50. The smallest absolute Gasteiger partial charge is 0.209 e. The van der Waals surface area contributed by atoms with Crippen LogP contribution in [0.25, 0.3) is 55.8 Å². The van der Waals surface area contributed by atoms with Crippen LogP contribution in [0, 0.1) is 12.7 Å². The van der Waals surface area contributed by atoms with Crippen molar-refractivity contribution >= 4 is 31.8 Å². The lowest BCUT2D eigenvalue weighted by Crippen LogP contribution is -2.21. The number of halogens is 1. The van der Waals surface area contributed by atoms with Gasteiger partial charge in [0.1, 0.15) is 17.3 Å². The summed E-state index contributed by atoms with van der Waals surface area (Å²) in [4.78, 5) is 16.9. The number of hydrogen-bond acceptors (Lipinski definition) is 6. The van der Waals surface area contributed by atoms with E-state index in [9.17, 15) is 12.8 Å². The van der Waals surface area contributed by atoms with Crippen LogP contribution in [-0.2, 0) is 23.6 Å². The number of H-pyrrole nitrogens is 2. The summed E-state index contributed by atoms with van der Waals surface area (Å²) in [7, 11) is -1.48. The fraction of sp³-hybridized carbons (Fsp3) is 0.154. The molecule has 0 saturated heterocycles. The van der Waals surface area contributed by atoms with E-state index in [1.165, 1.54) is 12.1 Å². The number of hydrogen-bond donors (Lipinski definition) is 3. The molecule has 0 saturated carbocycles. The highest BCUT2D eigenvalue weighted by Crippen LogP contribution is 2.34. The molecule has 10 nitrogen and oxygen atoms in total. The van der Waals surface area contributed by atoms with Gasteiger partial charge >= 0.3 is 0 Å². The van der Waals surface area contributed by atoms with Gasteiger partial charge in [0.25, 0.3) is 0 Å². The van der Waals surface area contributed by atoms with Crippen LogP contribution >= 0.6 is 0 Å². The summed E-state index contributed by atoms with van der Waals surface area (Å²) in [6, 6.07) is 10.2. The average molecular weight is 531 g/mol. The molecular formula is C26H23FN8O2S. The minimum Gasteiger partial charge on any atom is -0.353 e. The Balaban J connectivity index is 1.44. The van der Waals surface area contributed by atoms with Gasteiger partial charge in [0.2, 0.25) is 10.0 Å². The van der Waals surface area contributed by atoms with Gasteiger partial charge in [-0.05, 0) is 48.9 Å². The highest BCUT2D eigenvalue weighted by atomic mass is 32.2. The van der Waals surface area contributed by atoms with Crippen molar-refractivity contribution in [1.29, 1.82) is 0 Å². The quantitative estimate of drug-likeness (QED) is 0.297. The van der Waals surface area contributed by atoms with E-state index >= 15 is 0 Å². The molecule has 0 amide bonds. The Morgan fingerprint density at radius 2 is 1.82 bits per heavy atom. The molecule has 0 bridgehead atoms. The van der Waals surface area contributed by atoms with Crippen molar-refractivity contribution in [3.8, 4) is 34.0 Å². The maximum absolute atomic E-state index is 14.5. The zero-order valence-electron chi connectivity index (χ0n) is 20.7. The largest absolute Gasteiger partial charge is 0.353 e. The van der Waals surface area contributed by atoms with Crippen molar-refractivity contribution in [2.45, 2.75) is 13.5 Å². The van der Waals surface area contributed by atoms with E-state index in [4.69, 9.17) is 0 Å². The maximum atomic E-state index is 14.5. The molecule has 6 rings (SSSR count). The van der Waals surface area contributed by atoms with Crippen molar-refractivity contribution in [3.63, 3.8) is 0 Å². The first-order valence-electron chi connectivity index (χ1n) is 11.7. The molecule has 38 heavy (non-hydrogen) atoms. The first kappa shape index (κ1) is 23.9. The van der Waals surface area contributed by atoms with E-state index in [2.05, 4.69) is 34.9 Å². The SMILES string of the molecule is Cc1ncc(-c2cc3c(-c4cc5c(-c6cc(F)cc(CNS(C)(=O)=O)c6)nccc5[nH]4)n[nH]c3cn2)n1C. The monoisotopic (exact) mass is 530 g/mol. The van der Waals surface area contributed by atoms with Crippen LogP contribution in [0.15, 0.2) is 55.0 Å². The molecule has 0 atom stereocenters. The molecule has 0 unspecified atom stereocenters. The lowest BCUT2D eigenvalue weighted by molar-refractivity contribution is 0.586. The zero-order chi connectivity index (χ0) is 26.6. The van der Waals surface area contributed by atoms with Gasteiger partial charge in [0.15, 0.2) is 0 Å². The molecular weight excluding hydrogens is 507 g/mol. The maximum Gasteiger partial charge on any atom is 0.209 e. The van der Waals surface area contributed by atoms with Crippen LogP contribution < -0.4 is 4.72 Å². The third-order valence-corrected chi connectivity index (χ3v) is 7.17. The van der Waals surface area contributed by atoms with E-state index < -0.39 is 15.8 Å². The Hall–Kier alpha value is -4.42. The van der Waals surface area contributed by atoms with Crippen LogP contribution in [0.1, 0.15) is 11.4 Å². The topological polar surface area (TPSA) is 134 Å². The molecule has 0 aliphatic carbocycles. The highest BCUT2D eigenvalue weighted by molar-refractivity contribution is 7.88. The second kappa shape index (κ2) is 8.85. The Kier molecular flexibility index (Phi) is 5.58. The number of aryl methyl sites for hydroxylation is 1. The number of rotatable bonds is 6. The zero-order valence-corrected chi connectivity index (χ0v) is 21.6. The Morgan fingerprint density at radius 1 is 1.00 bits per heavy atom. The van der Waals surface area contributed by atoms with Gasteiger partial charge in [-0.15, -0.1) is 0 Å². The highest BCUT2D eigenvalue weighted by Gasteiger charge is 2.17. The third kappa shape index (κ3) is 4.33. The number of imidazole rings is 1. The van der Waals surface area contributed by atoms with E-state index in [1.807, 2.05) is 36.7 Å². The predicted molar refractivity (Wildman–Crippen MR) is 143 cm³/mol. The van der Waals surface area contributed by atoms with Crippen molar-refractivity contribution in [3.05, 3.63) is 72.2 Å². The van der Waals surface area contributed by atoms with Crippen LogP contribution in [-0.4, -0.2) is 49.4 Å². The number of nitrogens with one attached hydrogen (secondary N) is 3. The van der Waals surface area contributed by atoms with Crippen molar-refractivity contribution in [1.82, 2.24) is 39.4 Å². The van der Waals surface area contributed by atoms with Crippen molar-refractivity contribution in [2.24, 2.45) is 7.05 Å². The summed E-state index contributed by atoms with van der Waals surface area (Å²) in [5.74, 6) is 0.406. The minimum atomic E-state index is -3.42. The summed E-state index contributed by atoms with van der Waals surface area (Å²) < 4.78 is 41.9. The molecule has 5 heterocycles. The fourth-order valence-electron chi connectivity index (χ4n) is 4.52. The lowest BCUT2D eigenvalue weighted by Gasteiger charge is -2.08. The van der Waals surface area contributed by atoms with Gasteiger partial charge in [0, 0.05) is 41.6 Å². The molecule has 192 valence electrons. The number of fused-ring (bicyclic) bond motifs is 2. The molecule has 5 aromatic heterocycles. The average Bonchev–Trinajstić information content (AvgIpc) is 3.58. The van der Waals surface area contributed by atoms with Gasteiger partial charge in [-0.3, -0.25) is 15.1 Å². The van der Waals surface area contributed by atoms with Crippen LogP contribution in [0.3, 0.4) is 0 Å².